The molecule has 1 saturated heterocycles. The van der Waals surface area contributed by atoms with Crippen LogP contribution < -0.4 is 5.32 Å². The van der Waals surface area contributed by atoms with Crippen molar-refractivity contribution in [3.8, 4) is 0 Å². The molecular formula is C16H32N2. The lowest BCUT2D eigenvalue weighted by atomic mass is 9.85. The van der Waals surface area contributed by atoms with Crippen LogP contribution in [0.3, 0.4) is 0 Å². The third-order valence-electron chi connectivity index (χ3n) is 5.03. The average Bonchev–Trinajstić information content (AvgIpc) is 3.21. The van der Waals surface area contributed by atoms with Crippen LogP contribution in [0.2, 0.25) is 0 Å². The van der Waals surface area contributed by atoms with Crippen LogP contribution in [-0.2, 0) is 0 Å². The van der Waals surface area contributed by atoms with Gasteiger partial charge in [-0.2, -0.15) is 0 Å². The average molecular weight is 252 g/mol. The van der Waals surface area contributed by atoms with Gasteiger partial charge >= 0.3 is 0 Å². The second-order valence-corrected chi connectivity index (χ2v) is 6.97. The number of likely N-dealkylation sites (tertiary alicyclic amines) is 1. The highest BCUT2D eigenvalue weighted by molar-refractivity contribution is 4.87. The van der Waals surface area contributed by atoms with E-state index < -0.39 is 0 Å². The molecule has 2 rings (SSSR count). The predicted octanol–water partition coefficient (Wildman–Crippen LogP) is 3.28. The first-order valence-electron chi connectivity index (χ1n) is 8.11. The molecule has 0 aromatic heterocycles. The lowest BCUT2D eigenvalue weighted by Gasteiger charge is -2.39. The molecule has 1 heterocycles. The minimum atomic E-state index is 0.470. The van der Waals surface area contributed by atoms with E-state index in [0.717, 1.165) is 12.0 Å². The Kier molecular flexibility index (Phi) is 5.08. The van der Waals surface area contributed by atoms with Crippen LogP contribution in [0.5, 0.6) is 0 Å². The summed E-state index contributed by atoms with van der Waals surface area (Å²) in [5.74, 6) is 0.955. The molecule has 18 heavy (non-hydrogen) atoms. The number of piperidine rings is 1. The van der Waals surface area contributed by atoms with Crippen molar-refractivity contribution in [1.82, 2.24) is 10.2 Å². The number of hydrogen-bond acceptors (Lipinski definition) is 2. The van der Waals surface area contributed by atoms with Crippen molar-refractivity contribution in [1.29, 1.82) is 0 Å². The van der Waals surface area contributed by atoms with Crippen LogP contribution in [0.25, 0.3) is 0 Å². The Morgan fingerprint density at radius 3 is 2.61 bits per heavy atom. The Morgan fingerprint density at radius 2 is 2.00 bits per heavy atom. The molecule has 2 atom stereocenters. The summed E-state index contributed by atoms with van der Waals surface area (Å²) in [7, 11) is 0. The van der Waals surface area contributed by atoms with E-state index in [0.29, 0.717) is 5.41 Å². The fourth-order valence-electron chi connectivity index (χ4n) is 3.14. The summed E-state index contributed by atoms with van der Waals surface area (Å²) in [6, 6.07) is 0.848. The molecule has 2 fully saturated rings. The number of nitrogens with zero attached hydrogens (tertiary/aromatic N) is 1. The molecule has 1 aliphatic carbocycles. The van der Waals surface area contributed by atoms with E-state index in [-0.39, 0.29) is 0 Å². The van der Waals surface area contributed by atoms with Crippen molar-refractivity contribution in [2.45, 2.75) is 65.3 Å². The summed E-state index contributed by atoms with van der Waals surface area (Å²) >= 11 is 0. The molecule has 1 N–H and O–H groups in total. The second-order valence-electron chi connectivity index (χ2n) is 6.97. The Bertz CT molecular complexity index is 249. The Balaban J connectivity index is 1.79. The normalized spacial score (nSPS) is 29.2. The van der Waals surface area contributed by atoms with Gasteiger partial charge < -0.3 is 10.2 Å². The SMILES string of the molecule is CCC1CCCN(CC(C)(CC)CNC2CC2)C1. The summed E-state index contributed by atoms with van der Waals surface area (Å²) in [5.41, 5.74) is 0.470. The van der Waals surface area contributed by atoms with Crippen molar-refractivity contribution >= 4 is 0 Å². The fraction of sp³-hybridized carbons (Fsp3) is 1.00. The topological polar surface area (TPSA) is 15.3 Å². The van der Waals surface area contributed by atoms with Gasteiger partial charge in [-0.25, -0.2) is 0 Å². The van der Waals surface area contributed by atoms with Crippen molar-refractivity contribution < 1.29 is 0 Å². The van der Waals surface area contributed by atoms with Gasteiger partial charge in [-0.05, 0) is 50.0 Å². The quantitative estimate of drug-likeness (QED) is 0.748. The maximum Gasteiger partial charge on any atom is 0.00684 e. The Hall–Kier alpha value is -0.0800. The second kappa shape index (κ2) is 6.38. The van der Waals surface area contributed by atoms with E-state index in [4.69, 9.17) is 0 Å². The van der Waals surface area contributed by atoms with Gasteiger partial charge in [-0.15, -0.1) is 0 Å². The first kappa shape index (κ1) is 14.3. The van der Waals surface area contributed by atoms with Gasteiger partial charge in [0.15, 0.2) is 0 Å². The van der Waals surface area contributed by atoms with Crippen molar-refractivity contribution in [3.63, 3.8) is 0 Å². The molecule has 106 valence electrons. The van der Waals surface area contributed by atoms with E-state index >= 15 is 0 Å². The maximum absolute atomic E-state index is 3.74. The van der Waals surface area contributed by atoms with E-state index in [1.165, 1.54) is 64.7 Å². The molecule has 1 aliphatic heterocycles. The zero-order valence-corrected chi connectivity index (χ0v) is 12.7. The standard InChI is InChI=1S/C16H32N2/c1-4-14-7-6-10-18(11-14)13-16(3,5-2)12-17-15-8-9-15/h14-15,17H,4-13H2,1-3H3. The summed E-state index contributed by atoms with van der Waals surface area (Å²) in [6.45, 7) is 12.3. The first-order chi connectivity index (χ1) is 8.65. The van der Waals surface area contributed by atoms with E-state index in [1.807, 2.05) is 0 Å². The molecular weight excluding hydrogens is 220 g/mol. The van der Waals surface area contributed by atoms with Crippen LogP contribution in [-0.4, -0.2) is 37.1 Å². The molecule has 2 nitrogen and oxygen atoms in total. The van der Waals surface area contributed by atoms with Gasteiger partial charge in [-0.3, -0.25) is 0 Å². The lowest BCUT2D eigenvalue weighted by Crippen LogP contribution is -2.46. The van der Waals surface area contributed by atoms with Gasteiger partial charge in [0, 0.05) is 25.7 Å². The zero-order chi connectivity index (χ0) is 13.0. The monoisotopic (exact) mass is 252 g/mol. The molecule has 0 aromatic rings. The van der Waals surface area contributed by atoms with Crippen LogP contribution in [0, 0.1) is 11.3 Å². The van der Waals surface area contributed by atoms with Crippen LogP contribution >= 0.6 is 0 Å². The van der Waals surface area contributed by atoms with E-state index in [1.54, 1.807) is 0 Å². The number of rotatable bonds is 7. The Morgan fingerprint density at radius 1 is 1.22 bits per heavy atom. The van der Waals surface area contributed by atoms with Gasteiger partial charge in [0.05, 0.1) is 0 Å². The van der Waals surface area contributed by atoms with Crippen molar-refractivity contribution in [3.05, 3.63) is 0 Å². The van der Waals surface area contributed by atoms with Crippen LogP contribution in [0.1, 0.15) is 59.3 Å². The Labute approximate surface area is 114 Å². The van der Waals surface area contributed by atoms with Crippen LogP contribution in [0.15, 0.2) is 0 Å². The van der Waals surface area contributed by atoms with Crippen molar-refractivity contribution in [2.75, 3.05) is 26.2 Å². The molecule has 1 saturated carbocycles. The smallest absolute Gasteiger partial charge is 0.00684 e. The third kappa shape index (κ3) is 4.24. The maximum atomic E-state index is 3.74. The molecule has 0 radical (unpaired) electrons. The number of hydrogen-bond donors (Lipinski definition) is 1. The highest BCUT2D eigenvalue weighted by Crippen LogP contribution is 2.28. The largest absolute Gasteiger partial charge is 0.313 e. The minimum absolute atomic E-state index is 0.470. The minimum Gasteiger partial charge on any atom is -0.313 e. The number of nitrogens with one attached hydrogen (secondary N) is 1. The predicted molar refractivity (Wildman–Crippen MR) is 78.9 cm³/mol. The highest BCUT2D eigenvalue weighted by Gasteiger charge is 2.30. The third-order valence-corrected chi connectivity index (χ3v) is 5.03. The molecule has 2 aliphatic rings. The van der Waals surface area contributed by atoms with E-state index in [9.17, 15) is 0 Å². The van der Waals surface area contributed by atoms with Gasteiger partial charge in [0.1, 0.15) is 0 Å². The molecule has 2 unspecified atom stereocenters. The van der Waals surface area contributed by atoms with Gasteiger partial charge in [0.25, 0.3) is 0 Å². The van der Waals surface area contributed by atoms with Gasteiger partial charge in [0.2, 0.25) is 0 Å². The molecule has 0 spiro atoms. The van der Waals surface area contributed by atoms with Crippen molar-refractivity contribution in [2.24, 2.45) is 11.3 Å². The van der Waals surface area contributed by atoms with E-state index in [2.05, 4.69) is 31.0 Å². The summed E-state index contributed by atoms with van der Waals surface area (Å²) in [5, 5.41) is 3.74. The summed E-state index contributed by atoms with van der Waals surface area (Å²) in [4.78, 5) is 2.73. The first-order valence-corrected chi connectivity index (χ1v) is 8.11. The fourth-order valence-corrected chi connectivity index (χ4v) is 3.14. The highest BCUT2D eigenvalue weighted by atomic mass is 15.1. The summed E-state index contributed by atoms with van der Waals surface area (Å²) in [6.07, 6.45) is 8.33. The molecule has 0 aromatic carbocycles. The van der Waals surface area contributed by atoms with Crippen LogP contribution in [0.4, 0.5) is 0 Å². The zero-order valence-electron chi connectivity index (χ0n) is 12.7. The summed E-state index contributed by atoms with van der Waals surface area (Å²) < 4.78 is 0. The van der Waals surface area contributed by atoms with Gasteiger partial charge in [-0.1, -0.05) is 27.2 Å². The molecule has 2 heteroatoms. The molecule has 0 amide bonds. The molecule has 0 bridgehead atoms. The lowest BCUT2D eigenvalue weighted by molar-refractivity contribution is 0.106.